The largest absolute Gasteiger partial charge is 0.394 e. The molecule has 6 heterocycles. The fraction of sp³-hybridized carbons (Fsp3) is 0.975. The quantitative estimate of drug-likeness (QED) is 0.0571. The Bertz CT molecular complexity index is 1680. The van der Waals surface area contributed by atoms with Crippen molar-refractivity contribution in [3.8, 4) is 0 Å². The van der Waals surface area contributed by atoms with E-state index in [1.54, 1.807) is 0 Å². The van der Waals surface area contributed by atoms with Crippen LogP contribution in [-0.2, 0) is 61.6 Å². The van der Waals surface area contributed by atoms with Crippen LogP contribution in [0.4, 0.5) is 0 Å². The predicted molar refractivity (Wildman–Crippen MR) is 222 cm³/mol. The smallest absolute Gasteiger partial charge is 0.234 e. The Morgan fingerprint density at radius 3 is 1.28 bits per heavy atom. The summed E-state index contributed by atoms with van der Waals surface area (Å²) in [6, 6.07) is -2.68. The van der Waals surface area contributed by atoms with Crippen molar-refractivity contribution < 1.29 is 148 Å². The van der Waals surface area contributed by atoms with Gasteiger partial charge < -0.3 is 149 Å². The minimum atomic E-state index is -2.14. The van der Waals surface area contributed by atoms with Gasteiger partial charge in [-0.25, -0.2) is 0 Å². The molecule has 31 atom stereocenters. The highest BCUT2D eigenvalue weighted by Gasteiger charge is 2.57. The summed E-state index contributed by atoms with van der Waals surface area (Å²) in [7, 11) is 1.16. The Kier molecular flexibility index (Phi) is 21.2. The van der Waals surface area contributed by atoms with Crippen molar-refractivity contribution in [2.24, 2.45) is 5.73 Å². The number of carbonyl (C=O) groups is 1. The predicted octanol–water partition coefficient (Wildman–Crippen LogP) is -12.9. The second-order valence-electron chi connectivity index (χ2n) is 18.4. The van der Waals surface area contributed by atoms with Crippen LogP contribution in [0.1, 0.15) is 13.8 Å². The third-order valence-corrected chi connectivity index (χ3v) is 13.5. The van der Waals surface area contributed by atoms with Gasteiger partial charge in [-0.1, -0.05) is 0 Å². The second-order valence-corrected chi connectivity index (χ2v) is 18.4. The van der Waals surface area contributed by atoms with Gasteiger partial charge in [-0.2, -0.15) is 0 Å². The number of primary amides is 1. The summed E-state index contributed by atoms with van der Waals surface area (Å²) in [5.74, 6) is -0.923. The molecule has 0 aromatic rings. The van der Waals surface area contributed by atoms with Crippen molar-refractivity contribution in [3.63, 3.8) is 0 Å². The number of rotatable bonds is 19. The lowest BCUT2D eigenvalue weighted by Crippen LogP contribution is -2.70. The molecule has 20 N–H and O–H groups in total. The fourth-order valence-electron chi connectivity index (χ4n) is 8.97. The molecule has 6 aliphatic heterocycles. The number of hydrogen-bond acceptors (Lipinski definition) is 31. The molecule has 1 amide bonds. The van der Waals surface area contributed by atoms with Crippen LogP contribution in [0.15, 0.2) is 0 Å². The van der Waals surface area contributed by atoms with E-state index in [4.69, 9.17) is 62.6 Å². The van der Waals surface area contributed by atoms with Crippen molar-refractivity contribution in [1.82, 2.24) is 5.32 Å². The molecular formula is C40H70N2O30. The van der Waals surface area contributed by atoms with Crippen molar-refractivity contribution in [3.05, 3.63) is 0 Å². The van der Waals surface area contributed by atoms with E-state index in [0.717, 1.165) is 7.11 Å². The van der Waals surface area contributed by atoms with Crippen LogP contribution in [0.3, 0.4) is 0 Å². The van der Waals surface area contributed by atoms with E-state index in [0.29, 0.717) is 0 Å². The first-order valence-corrected chi connectivity index (χ1v) is 23.1. The summed E-state index contributed by atoms with van der Waals surface area (Å²) in [5.41, 5.74) is 5.56. The second kappa shape index (κ2) is 25.6. The molecule has 6 saturated heterocycles. The number of nitrogens with one attached hydrogen (secondary N) is 1. The van der Waals surface area contributed by atoms with Gasteiger partial charge in [0, 0.05) is 7.11 Å². The minimum absolute atomic E-state index is 0.779. The van der Waals surface area contributed by atoms with Crippen LogP contribution >= 0.6 is 0 Å². The molecule has 0 spiro atoms. The molecule has 6 rings (SSSR count). The maximum Gasteiger partial charge on any atom is 0.234 e. The molecule has 0 aromatic heterocycles. The van der Waals surface area contributed by atoms with Crippen molar-refractivity contribution in [2.45, 2.75) is 204 Å². The third-order valence-electron chi connectivity index (χ3n) is 13.5. The number of carbonyl (C=O) groups excluding carboxylic acids is 1. The third kappa shape index (κ3) is 12.7. The first-order valence-electron chi connectivity index (χ1n) is 23.1. The number of aliphatic hydroxyl groups is 17. The van der Waals surface area contributed by atoms with Crippen LogP contribution in [0, 0.1) is 0 Å². The van der Waals surface area contributed by atoms with Crippen molar-refractivity contribution >= 4 is 5.91 Å². The van der Waals surface area contributed by atoms with Gasteiger partial charge in [-0.05, 0) is 13.8 Å². The lowest BCUT2D eigenvalue weighted by Gasteiger charge is -2.50. The average molecular weight is 1060 g/mol. The summed E-state index contributed by atoms with van der Waals surface area (Å²) in [5, 5.41) is 183. The fourth-order valence-corrected chi connectivity index (χ4v) is 8.97. The van der Waals surface area contributed by atoms with Crippen molar-refractivity contribution in [2.75, 3.05) is 40.1 Å². The zero-order chi connectivity index (χ0) is 53.2. The Labute approximate surface area is 409 Å². The van der Waals surface area contributed by atoms with E-state index in [-0.39, 0.29) is 0 Å². The normalized spacial score (nSPS) is 50.9. The Morgan fingerprint density at radius 1 is 0.458 bits per heavy atom. The van der Waals surface area contributed by atoms with Crippen LogP contribution in [-0.4, -0.2) is 323 Å². The maximum absolute atomic E-state index is 12.4. The van der Waals surface area contributed by atoms with Gasteiger partial charge in [0.25, 0.3) is 0 Å². The molecule has 0 aliphatic carbocycles. The summed E-state index contributed by atoms with van der Waals surface area (Å²) >= 11 is 0. The van der Waals surface area contributed by atoms with E-state index in [1.807, 2.05) is 0 Å². The topological polar surface area (TPSA) is 510 Å². The Hall–Kier alpha value is -1.73. The molecule has 32 nitrogen and oxygen atoms in total. The van der Waals surface area contributed by atoms with Crippen LogP contribution in [0.25, 0.3) is 0 Å². The molecule has 6 fully saturated rings. The zero-order valence-electron chi connectivity index (χ0n) is 38.9. The first-order chi connectivity index (χ1) is 34.0. The van der Waals surface area contributed by atoms with Gasteiger partial charge in [-0.3, -0.25) is 10.1 Å². The van der Waals surface area contributed by atoms with Gasteiger partial charge >= 0.3 is 0 Å². The van der Waals surface area contributed by atoms with Crippen LogP contribution in [0.5, 0.6) is 0 Å². The van der Waals surface area contributed by atoms with E-state index in [1.165, 1.54) is 13.8 Å². The maximum atomic E-state index is 12.4. The lowest BCUT2D eigenvalue weighted by molar-refractivity contribution is -0.383. The van der Waals surface area contributed by atoms with Gasteiger partial charge in [0.05, 0.1) is 51.2 Å². The number of nitrogens with two attached hydrogens (primary N) is 1. The van der Waals surface area contributed by atoms with E-state index >= 15 is 0 Å². The summed E-state index contributed by atoms with van der Waals surface area (Å²) in [6.07, 6.45) is -52.2. The zero-order valence-corrected chi connectivity index (χ0v) is 38.9. The van der Waals surface area contributed by atoms with Gasteiger partial charge in [-0.15, -0.1) is 0 Å². The van der Waals surface area contributed by atoms with E-state index < -0.39 is 229 Å². The Morgan fingerprint density at radius 2 is 0.833 bits per heavy atom. The highest BCUT2D eigenvalue weighted by Crippen LogP contribution is 2.36. The summed E-state index contributed by atoms with van der Waals surface area (Å²) in [6.45, 7) is -1.51. The molecule has 0 bridgehead atoms. The monoisotopic (exact) mass is 1060 g/mol. The van der Waals surface area contributed by atoms with Crippen LogP contribution < -0.4 is 11.1 Å². The van der Waals surface area contributed by atoms with Crippen molar-refractivity contribution in [1.29, 1.82) is 0 Å². The summed E-state index contributed by atoms with van der Waals surface area (Å²) < 4.78 is 69.1. The number of hydrogen-bond donors (Lipinski definition) is 19. The number of aliphatic hydroxyl groups excluding tert-OH is 17. The van der Waals surface area contributed by atoms with E-state index in [9.17, 15) is 91.6 Å². The highest BCUT2D eigenvalue weighted by molar-refractivity contribution is 5.79. The number of ether oxygens (including phenoxy) is 12. The molecule has 0 aromatic carbocycles. The summed E-state index contributed by atoms with van der Waals surface area (Å²) in [4.78, 5) is 12.4. The standard InChI is InChI=1S/C40H70N2O30/c1-9(34(41)60)42-16-32(71-39-30(59)25(54)20(49)14(69-39)7-62-36-27(56)22(51)18(47)11(4-43)65-36)31(13(6-45)67-35(16)61-3)70-38-29(58)24(53)21(50)15(68-38)8-63-40-33(26(55)17(46)10(2)64-40)72-37-28(57)23(52)19(48)12(5-44)66-37/h9-33,35-40,42-59H,4-8H2,1-3H3,(H2,41,60)/t9?,10?,11?,12?,13?,14?,15?,16?,17-,18+,19+,20+,21+,22-,23-,24-,25-,26?,27?,28?,29?,30?,31-,32+,33-,35+,36-,37+,38+,39-,40+/m0/s1. The van der Waals surface area contributed by atoms with E-state index in [2.05, 4.69) is 5.32 Å². The first kappa shape index (κ1) is 59.5. The number of amides is 1. The molecule has 0 saturated carbocycles. The van der Waals surface area contributed by atoms with Crippen LogP contribution in [0.2, 0.25) is 0 Å². The molecule has 13 unspecified atom stereocenters. The molecule has 72 heavy (non-hydrogen) atoms. The molecule has 32 heteroatoms. The van der Waals surface area contributed by atoms with Gasteiger partial charge in [0.2, 0.25) is 5.91 Å². The highest BCUT2D eigenvalue weighted by atomic mass is 16.8. The molecule has 420 valence electrons. The minimum Gasteiger partial charge on any atom is -0.394 e. The SMILES string of the molecule is CO[C@@H]1OC(CO)[C@H](O[C@H]2OC(CO[C@@H]3OC(C)[C@H](O)C(O)[C@@H]3O[C@H]3OC(CO)[C@@H](O)[C@H](O)C3O)[C@@H](O)[C@H](O)C2O)[C@H](O[C@@H]2OC(CO[C@H]3OC(CO)[C@@H](O)[C@H](O)C3O)[C@@H](O)[C@H](O)C2O)C1NC(C)C(N)=O. The molecular weight excluding hydrogens is 988 g/mol. The van der Waals surface area contributed by atoms with Gasteiger partial charge in [0.15, 0.2) is 37.7 Å². The van der Waals surface area contributed by atoms with Gasteiger partial charge in [0.1, 0.15) is 134 Å². The molecule has 0 radical (unpaired) electrons. The average Bonchev–Trinajstić information content (AvgIpc) is 3.36. The molecule has 6 aliphatic rings. The number of methoxy groups -OCH3 is 1. The Balaban J connectivity index is 1.24. The lowest BCUT2D eigenvalue weighted by atomic mass is 9.94.